The van der Waals surface area contributed by atoms with E-state index in [9.17, 15) is 0 Å². The number of hydrogen-bond acceptors (Lipinski definition) is 2. The first-order valence-electron chi connectivity index (χ1n) is 19.5. The zero-order chi connectivity index (χ0) is 39.5. The standard InChI is InChI=1S/C50H48N4O.Pt/c1-32-18-20-34(21-19-32)52-31-53(41-17-12-11-16-40(41)52)35-14-13-15-36(29-35)55-37-22-23-38-43(30-37)54(44-28-33(26-27-51-44)47(2,3)4)42-25-24-39-46(45(38)42)49(7,8)50(9,10)48(39,5)6;/h11-28H,1-10H3;/q-2;. The molecule has 3 aromatic heterocycles. The molecule has 0 bridgehead atoms. The van der Waals surface area contributed by atoms with Crippen LogP contribution >= 0.6 is 0 Å². The molecule has 0 aliphatic heterocycles. The van der Waals surface area contributed by atoms with Crippen LogP contribution in [0.4, 0.5) is 0 Å². The van der Waals surface area contributed by atoms with Crippen LogP contribution in [0.15, 0.2) is 109 Å². The first kappa shape index (κ1) is 36.6. The van der Waals surface area contributed by atoms with E-state index >= 15 is 0 Å². The molecule has 6 heteroatoms. The predicted octanol–water partition coefficient (Wildman–Crippen LogP) is 12.6. The molecule has 5 aromatic carbocycles. The Hall–Kier alpha value is -4.99. The van der Waals surface area contributed by atoms with Gasteiger partial charge in [0.15, 0.2) is 0 Å². The predicted molar refractivity (Wildman–Crippen MR) is 225 cm³/mol. The summed E-state index contributed by atoms with van der Waals surface area (Å²) in [6.07, 6.45) is 1.94. The van der Waals surface area contributed by atoms with Gasteiger partial charge in [-0.1, -0.05) is 68.4 Å². The van der Waals surface area contributed by atoms with Gasteiger partial charge < -0.3 is 0 Å². The summed E-state index contributed by atoms with van der Waals surface area (Å²) in [5.41, 5.74) is 11.5. The molecule has 56 heavy (non-hydrogen) atoms. The number of pyridine rings is 1. The van der Waals surface area contributed by atoms with Crippen LogP contribution in [0.3, 0.4) is 0 Å². The van der Waals surface area contributed by atoms with Crippen LogP contribution in [0, 0.1) is 28.3 Å². The fourth-order valence-corrected chi connectivity index (χ4v) is 10.1. The Bertz CT molecular complexity index is 2930. The second-order valence-corrected chi connectivity index (χ2v) is 19.1. The Balaban J connectivity index is 1.21. The topological polar surface area (TPSA) is 36.9 Å². The number of rotatable bonds is 5. The molecule has 0 unspecified atom stereocenters. The molecule has 3 heterocycles. The molecular weight excluding hydrogens is 868 g/mol. The minimum absolute atomic E-state index is 0.0191. The molecule has 5 nitrogen and oxygen atoms in total. The molecule has 0 amide bonds. The zero-order valence-corrected chi connectivity index (χ0v) is 36.2. The average molecular weight is 916 g/mol. The molecule has 0 fully saturated rings. The van der Waals surface area contributed by atoms with Crippen molar-refractivity contribution in [3.8, 4) is 28.7 Å². The van der Waals surface area contributed by atoms with E-state index in [1.165, 1.54) is 27.6 Å². The molecule has 0 atom stereocenters. The number of aromatic nitrogens is 4. The van der Waals surface area contributed by atoms with Crippen molar-refractivity contribution in [1.82, 2.24) is 18.7 Å². The van der Waals surface area contributed by atoms with Crippen LogP contribution in [0.25, 0.3) is 50.0 Å². The second-order valence-electron chi connectivity index (χ2n) is 18.1. The Labute approximate surface area is 341 Å². The van der Waals surface area contributed by atoms with Crippen molar-refractivity contribution in [3.05, 3.63) is 148 Å². The normalized spacial score (nSPS) is 15.9. The zero-order valence-electron chi connectivity index (χ0n) is 33.9. The molecule has 0 spiro atoms. The Morgan fingerprint density at radius 1 is 0.679 bits per heavy atom. The number of benzene rings is 5. The van der Waals surface area contributed by atoms with Crippen LogP contribution in [0.5, 0.6) is 11.5 Å². The average Bonchev–Trinajstić information content (AvgIpc) is 3.68. The number of hydrogen-bond donors (Lipinski definition) is 0. The molecule has 1 aliphatic carbocycles. The molecule has 0 saturated heterocycles. The molecule has 8 aromatic rings. The third kappa shape index (κ3) is 5.30. The number of para-hydroxylation sites is 2. The summed E-state index contributed by atoms with van der Waals surface area (Å²) in [6, 6.07) is 43.9. The van der Waals surface area contributed by atoms with Crippen molar-refractivity contribution in [2.24, 2.45) is 5.41 Å². The number of fused-ring (bicyclic) bond motifs is 6. The molecular formula is C50H48N4OPt-2. The maximum atomic E-state index is 6.70. The van der Waals surface area contributed by atoms with Gasteiger partial charge in [0.05, 0.1) is 0 Å². The number of imidazole rings is 1. The summed E-state index contributed by atoms with van der Waals surface area (Å²) in [5.74, 6) is 2.12. The SMILES string of the molecule is Cc1ccc(-n2[c](=[Pt])n(-c3[c-]c(Oc4[c-]c5c(cc4)c4c6c(ccc4n5-c4cc(C(C)(C)C)ccn4)C(C)(C)C(C)(C)C6(C)C)ccc3)c3ccccc32)cc1. The summed E-state index contributed by atoms with van der Waals surface area (Å²) >= 11 is 2.42. The molecule has 1 aliphatic rings. The molecule has 0 N–H and O–H groups in total. The van der Waals surface area contributed by atoms with Gasteiger partial charge in [-0.25, -0.2) is 0 Å². The van der Waals surface area contributed by atoms with Gasteiger partial charge in [0.1, 0.15) is 0 Å². The third-order valence-corrected chi connectivity index (χ3v) is 14.3. The van der Waals surface area contributed by atoms with Crippen LogP contribution in [0.1, 0.15) is 84.6 Å². The van der Waals surface area contributed by atoms with Gasteiger partial charge >= 0.3 is 229 Å². The van der Waals surface area contributed by atoms with E-state index in [0.717, 1.165) is 48.5 Å². The van der Waals surface area contributed by atoms with E-state index in [0.29, 0.717) is 11.5 Å². The van der Waals surface area contributed by atoms with Gasteiger partial charge in [-0.2, -0.15) is 0 Å². The van der Waals surface area contributed by atoms with Gasteiger partial charge in [-0.05, 0) is 38.9 Å². The first-order valence-corrected chi connectivity index (χ1v) is 20.6. The maximum absolute atomic E-state index is 6.70. The van der Waals surface area contributed by atoms with E-state index in [2.05, 4.69) is 205 Å². The summed E-state index contributed by atoms with van der Waals surface area (Å²) < 4.78 is 14.6. The summed E-state index contributed by atoms with van der Waals surface area (Å²) in [5, 5.41) is 2.43. The number of nitrogens with zero attached hydrogens (tertiary/aromatic N) is 4. The quantitative estimate of drug-likeness (QED) is 0.161. The van der Waals surface area contributed by atoms with Gasteiger partial charge in [0.25, 0.3) is 0 Å². The van der Waals surface area contributed by atoms with Gasteiger partial charge in [0, 0.05) is 6.20 Å². The van der Waals surface area contributed by atoms with Crippen molar-refractivity contribution < 1.29 is 24.1 Å². The second kappa shape index (κ2) is 12.5. The number of aryl methyl sites for hydroxylation is 1. The van der Waals surface area contributed by atoms with Crippen LogP contribution in [-0.2, 0) is 35.6 Å². The molecule has 9 rings (SSSR count). The van der Waals surface area contributed by atoms with Crippen LogP contribution in [0.2, 0.25) is 0 Å². The van der Waals surface area contributed by atoms with E-state index in [1.54, 1.807) is 0 Å². The fourth-order valence-electron chi connectivity index (χ4n) is 8.94. The van der Waals surface area contributed by atoms with E-state index in [-0.39, 0.29) is 21.7 Å². The Kier molecular flexibility index (Phi) is 8.18. The molecule has 0 radical (unpaired) electrons. The van der Waals surface area contributed by atoms with Crippen LogP contribution < -0.4 is 4.74 Å². The Morgan fingerprint density at radius 2 is 1.38 bits per heavy atom. The third-order valence-electron chi connectivity index (χ3n) is 13.3. The monoisotopic (exact) mass is 915 g/mol. The minimum atomic E-state index is -0.0898. The molecule has 0 saturated carbocycles. The summed E-state index contributed by atoms with van der Waals surface area (Å²) in [4.78, 5) is 4.99. The summed E-state index contributed by atoms with van der Waals surface area (Å²) in [6.45, 7) is 23.4. The summed E-state index contributed by atoms with van der Waals surface area (Å²) in [7, 11) is 0. The number of ether oxygens (including phenoxy) is 1. The van der Waals surface area contributed by atoms with Crippen molar-refractivity contribution >= 4 is 32.8 Å². The van der Waals surface area contributed by atoms with Crippen molar-refractivity contribution in [1.29, 1.82) is 0 Å². The van der Waals surface area contributed by atoms with Gasteiger partial charge in [0.2, 0.25) is 0 Å². The van der Waals surface area contributed by atoms with E-state index in [1.807, 2.05) is 18.3 Å². The fraction of sp³-hybridized carbons (Fsp3) is 0.280. The van der Waals surface area contributed by atoms with Crippen molar-refractivity contribution in [2.45, 2.75) is 85.5 Å². The van der Waals surface area contributed by atoms with Gasteiger partial charge in [-0.15, -0.1) is 0 Å². The van der Waals surface area contributed by atoms with E-state index in [4.69, 9.17) is 9.72 Å². The van der Waals surface area contributed by atoms with Crippen molar-refractivity contribution in [2.75, 3.05) is 0 Å². The van der Waals surface area contributed by atoms with Crippen molar-refractivity contribution in [3.63, 3.8) is 0 Å². The van der Waals surface area contributed by atoms with Crippen LogP contribution in [-0.4, -0.2) is 18.7 Å². The molecule has 286 valence electrons. The van der Waals surface area contributed by atoms with E-state index < -0.39 is 0 Å². The first-order chi connectivity index (χ1) is 26.5. The van der Waals surface area contributed by atoms with Gasteiger partial charge in [-0.3, -0.25) is 0 Å². The Morgan fingerprint density at radius 3 is 2.09 bits per heavy atom.